The number of aromatic nitrogens is 1. The van der Waals surface area contributed by atoms with E-state index in [1.165, 1.54) is 29.2 Å². The summed E-state index contributed by atoms with van der Waals surface area (Å²) in [7, 11) is 0. The highest BCUT2D eigenvalue weighted by Crippen LogP contribution is 2.32. The Hall–Kier alpha value is -3.49. The summed E-state index contributed by atoms with van der Waals surface area (Å²) in [4.78, 5) is 38.4. The van der Waals surface area contributed by atoms with Crippen LogP contribution in [-0.2, 0) is 11.3 Å². The number of fused-ring (bicyclic) bond motifs is 1. The normalized spacial score (nSPS) is 13.2. The average Bonchev–Trinajstić information content (AvgIpc) is 2.57. The molecule has 3 rings (SSSR count). The third kappa shape index (κ3) is 2.86. The van der Waals surface area contributed by atoms with E-state index in [-0.39, 0.29) is 30.3 Å². The second-order valence-electron chi connectivity index (χ2n) is 5.02. The van der Waals surface area contributed by atoms with Gasteiger partial charge in [-0.15, -0.1) is 0 Å². The van der Waals surface area contributed by atoms with Crippen LogP contribution in [0.3, 0.4) is 0 Å². The van der Waals surface area contributed by atoms with Crippen LogP contribution in [0, 0.1) is 10.1 Å². The maximum atomic E-state index is 12.1. The van der Waals surface area contributed by atoms with Crippen molar-refractivity contribution in [3.63, 3.8) is 0 Å². The molecule has 0 saturated heterocycles. The van der Waals surface area contributed by atoms with Crippen molar-refractivity contribution in [2.24, 2.45) is 0 Å². The topological polar surface area (TPSA) is 123 Å². The van der Waals surface area contributed by atoms with Crippen molar-refractivity contribution < 1.29 is 24.4 Å². The minimum absolute atomic E-state index is 0.0720. The van der Waals surface area contributed by atoms with Gasteiger partial charge in [0, 0.05) is 6.07 Å². The van der Waals surface area contributed by atoms with Crippen LogP contribution in [0.15, 0.2) is 36.4 Å². The molecule has 1 aromatic heterocycles. The molecule has 0 aliphatic carbocycles. The van der Waals surface area contributed by atoms with E-state index in [1.54, 1.807) is 12.1 Å². The van der Waals surface area contributed by atoms with Crippen LogP contribution in [0.2, 0.25) is 0 Å². The molecule has 0 spiro atoms. The molecule has 9 nitrogen and oxygen atoms in total. The standard InChI is InChI=1S/C15H11N3O6/c19-13-8-24-11-5-6-12(18(22)23)16-14(11)17(13)7-9-1-3-10(4-2-9)15(20)21/h1-6H,7-8H2,(H,20,21). The first kappa shape index (κ1) is 15.4. The number of hydrogen-bond donors (Lipinski definition) is 1. The Bertz CT molecular complexity index is 834. The molecule has 0 fully saturated rings. The Balaban J connectivity index is 1.93. The number of aromatic carboxylic acids is 1. The molecule has 0 bridgehead atoms. The summed E-state index contributed by atoms with van der Waals surface area (Å²) < 4.78 is 5.23. The summed E-state index contributed by atoms with van der Waals surface area (Å²) in [6, 6.07) is 8.59. The number of hydrogen-bond acceptors (Lipinski definition) is 6. The summed E-state index contributed by atoms with van der Waals surface area (Å²) >= 11 is 0. The predicted molar refractivity (Wildman–Crippen MR) is 81.0 cm³/mol. The maximum absolute atomic E-state index is 12.1. The zero-order valence-electron chi connectivity index (χ0n) is 12.2. The van der Waals surface area contributed by atoms with Crippen LogP contribution in [-0.4, -0.2) is 33.5 Å². The lowest BCUT2D eigenvalue weighted by Gasteiger charge is -2.25. The van der Waals surface area contributed by atoms with Gasteiger partial charge in [-0.05, 0) is 33.7 Å². The minimum Gasteiger partial charge on any atom is -0.478 e. The lowest BCUT2D eigenvalue weighted by molar-refractivity contribution is -0.389. The van der Waals surface area contributed by atoms with E-state index < -0.39 is 22.6 Å². The van der Waals surface area contributed by atoms with Gasteiger partial charge in [-0.3, -0.25) is 9.69 Å². The fraction of sp³-hybridized carbons (Fsp3) is 0.133. The molecule has 1 amide bonds. The van der Waals surface area contributed by atoms with Gasteiger partial charge in [0.15, 0.2) is 12.4 Å². The predicted octanol–water partition coefficient (Wildman–Crippen LogP) is 1.61. The van der Waals surface area contributed by atoms with E-state index in [9.17, 15) is 19.7 Å². The summed E-state index contributed by atoms with van der Waals surface area (Å²) in [5.74, 6) is -1.48. The van der Waals surface area contributed by atoms with Crippen molar-refractivity contribution in [2.45, 2.75) is 6.54 Å². The van der Waals surface area contributed by atoms with E-state index in [1.807, 2.05) is 0 Å². The first-order chi connectivity index (χ1) is 11.5. The lowest BCUT2D eigenvalue weighted by Crippen LogP contribution is -2.39. The third-order valence-electron chi connectivity index (χ3n) is 3.46. The van der Waals surface area contributed by atoms with Crippen molar-refractivity contribution >= 4 is 23.5 Å². The number of anilines is 1. The van der Waals surface area contributed by atoms with Crippen LogP contribution < -0.4 is 9.64 Å². The fourth-order valence-corrected chi connectivity index (χ4v) is 2.27. The van der Waals surface area contributed by atoms with Crippen LogP contribution in [0.4, 0.5) is 11.6 Å². The monoisotopic (exact) mass is 329 g/mol. The Morgan fingerprint density at radius 3 is 2.62 bits per heavy atom. The Morgan fingerprint density at radius 1 is 1.29 bits per heavy atom. The zero-order chi connectivity index (χ0) is 17.3. The van der Waals surface area contributed by atoms with Crippen molar-refractivity contribution in [1.29, 1.82) is 0 Å². The quantitative estimate of drug-likeness (QED) is 0.667. The SMILES string of the molecule is O=C(O)c1ccc(CN2C(=O)COc3ccc([N+](=O)[O-])nc32)cc1. The fourth-order valence-electron chi connectivity index (χ4n) is 2.27. The van der Waals surface area contributed by atoms with Gasteiger partial charge in [0.05, 0.1) is 12.1 Å². The molecule has 1 aromatic carbocycles. The van der Waals surface area contributed by atoms with Gasteiger partial charge in [0.25, 0.3) is 11.7 Å². The molecule has 1 aliphatic rings. The van der Waals surface area contributed by atoms with E-state index in [0.717, 1.165) is 0 Å². The summed E-state index contributed by atoms with van der Waals surface area (Å²) in [6.07, 6.45) is 0. The number of carboxylic acid groups (broad SMARTS) is 1. The largest absolute Gasteiger partial charge is 0.478 e. The number of benzene rings is 1. The number of ether oxygens (including phenoxy) is 1. The van der Waals surface area contributed by atoms with Crippen LogP contribution in [0.5, 0.6) is 5.75 Å². The number of nitro groups is 1. The molecule has 2 aromatic rings. The second-order valence-corrected chi connectivity index (χ2v) is 5.02. The zero-order valence-corrected chi connectivity index (χ0v) is 12.2. The Kier molecular flexibility index (Phi) is 3.82. The number of nitrogens with zero attached hydrogens (tertiary/aromatic N) is 3. The van der Waals surface area contributed by atoms with Crippen LogP contribution >= 0.6 is 0 Å². The van der Waals surface area contributed by atoms with Crippen molar-refractivity contribution in [2.75, 3.05) is 11.5 Å². The van der Waals surface area contributed by atoms with Gasteiger partial charge in [-0.25, -0.2) is 4.79 Å². The molecule has 9 heteroatoms. The number of amides is 1. The summed E-state index contributed by atoms with van der Waals surface area (Å²) in [5, 5.41) is 19.8. The van der Waals surface area contributed by atoms with Gasteiger partial charge in [-0.1, -0.05) is 12.1 Å². The van der Waals surface area contributed by atoms with Crippen LogP contribution in [0.1, 0.15) is 15.9 Å². The molecular formula is C15H11N3O6. The summed E-state index contributed by atoms with van der Waals surface area (Å²) in [5.41, 5.74) is 0.788. The Labute approximate surface area is 135 Å². The lowest BCUT2D eigenvalue weighted by atomic mass is 10.1. The first-order valence-corrected chi connectivity index (χ1v) is 6.86. The molecule has 1 N–H and O–H groups in total. The highest BCUT2D eigenvalue weighted by atomic mass is 16.6. The number of carbonyl (C=O) groups excluding carboxylic acids is 1. The molecule has 2 heterocycles. The van der Waals surface area contributed by atoms with Crippen LogP contribution in [0.25, 0.3) is 0 Å². The van der Waals surface area contributed by atoms with Crippen molar-refractivity contribution in [3.05, 3.63) is 57.6 Å². The molecule has 1 aliphatic heterocycles. The van der Waals surface area contributed by atoms with Gasteiger partial charge in [0.2, 0.25) is 0 Å². The van der Waals surface area contributed by atoms with Gasteiger partial charge >= 0.3 is 11.8 Å². The molecular weight excluding hydrogens is 318 g/mol. The van der Waals surface area contributed by atoms with E-state index >= 15 is 0 Å². The number of carboxylic acids is 1. The smallest absolute Gasteiger partial charge is 0.366 e. The van der Waals surface area contributed by atoms with Crippen molar-refractivity contribution in [1.82, 2.24) is 4.98 Å². The van der Waals surface area contributed by atoms with Gasteiger partial charge in [0.1, 0.15) is 0 Å². The third-order valence-corrected chi connectivity index (χ3v) is 3.46. The van der Waals surface area contributed by atoms with Gasteiger partial charge < -0.3 is 20.0 Å². The molecule has 0 radical (unpaired) electrons. The van der Waals surface area contributed by atoms with Crippen molar-refractivity contribution in [3.8, 4) is 5.75 Å². The number of pyridine rings is 1. The molecule has 122 valence electrons. The van der Waals surface area contributed by atoms with E-state index in [2.05, 4.69) is 4.98 Å². The minimum atomic E-state index is -1.05. The molecule has 0 unspecified atom stereocenters. The second kappa shape index (κ2) is 5.95. The van der Waals surface area contributed by atoms with Gasteiger partial charge in [-0.2, -0.15) is 0 Å². The highest BCUT2D eigenvalue weighted by molar-refractivity contribution is 5.96. The molecule has 0 atom stereocenters. The first-order valence-electron chi connectivity index (χ1n) is 6.86. The molecule has 0 saturated carbocycles. The number of carbonyl (C=O) groups is 2. The highest BCUT2D eigenvalue weighted by Gasteiger charge is 2.32. The van der Waals surface area contributed by atoms with E-state index in [0.29, 0.717) is 5.56 Å². The van der Waals surface area contributed by atoms with E-state index in [4.69, 9.17) is 9.84 Å². The molecule has 24 heavy (non-hydrogen) atoms. The number of rotatable bonds is 4. The summed E-state index contributed by atoms with van der Waals surface area (Å²) in [6.45, 7) is -0.0943. The maximum Gasteiger partial charge on any atom is 0.366 e. The average molecular weight is 329 g/mol. The Morgan fingerprint density at radius 2 is 2.00 bits per heavy atom.